The van der Waals surface area contributed by atoms with Crippen LogP contribution in [0.2, 0.25) is 0 Å². The highest BCUT2D eigenvalue weighted by atomic mass is 35.5. The fourth-order valence-electron chi connectivity index (χ4n) is 0.961. The molecule has 0 spiro atoms. The number of allylic oxidation sites excluding steroid dienone is 1. The van der Waals surface area contributed by atoms with Crippen molar-refractivity contribution < 1.29 is 18.1 Å². The summed E-state index contributed by atoms with van der Waals surface area (Å²) in [7, 11) is 0. The van der Waals surface area contributed by atoms with Gasteiger partial charge >= 0.3 is 11.9 Å². The third kappa shape index (κ3) is 3.08. The first-order valence-corrected chi connectivity index (χ1v) is 4.05. The summed E-state index contributed by atoms with van der Waals surface area (Å²) >= 11 is 5.42. The SMILES string of the molecule is O=[N+]([O-])C1=C(Cl)N(CC(F)(F)F)CN=C1. The lowest BCUT2D eigenvalue weighted by Crippen LogP contribution is -2.35. The molecule has 0 N–H and O–H groups in total. The largest absolute Gasteiger partial charge is 0.406 e. The number of halogens is 4. The van der Waals surface area contributed by atoms with E-state index in [0.29, 0.717) is 4.90 Å². The summed E-state index contributed by atoms with van der Waals surface area (Å²) in [6.07, 6.45) is -3.64. The van der Waals surface area contributed by atoms with Gasteiger partial charge in [-0.15, -0.1) is 0 Å². The molecule has 84 valence electrons. The van der Waals surface area contributed by atoms with Gasteiger partial charge in [-0.1, -0.05) is 11.6 Å². The van der Waals surface area contributed by atoms with Crippen LogP contribution in [-0.4, -0.2) is 35.4 Å². The van der Waals surface area contributed by atoms with Crippen molar-refractivity contribution >= 4 is 17.8 Å². The Bertz CT molecular complexity index is 339. The van der Waals surface area contributed by atoms with Gasteiger partial charge < -0.3 is 4.90 Å². The zero-order valence-corrected chi connectivity index (χ0v) is 7.92. The Labute approximate surface area is 87.0 Å². The molecule has 0 aromatic heterocycles. The van der Waals surface area contributed by atoms with Crippen molar-refractivity contribution in [2.75, 3.05) is 13.2 Å². The summed E-state index contributed by atoms with van der Waals surface area (Å²) in [5.41, 5.74) is -0.632. The number of nitro groups is 1. The van der Waals surface area contributed by atoms with Crippen LogP contribution in [0.3, 0.4) is 0 Å². The van der Waals surface area contributed by atoms with Gasteiger partial charge in [0.15, 0.2) is 5.16 Å². The number of rotatable bonds is 2. The Morgan fingerprint density at radius 3 is 2.73 bits per heavy atom. The second kappa shape index (κ2) is 4.05. The third-order valence-corrected chi connectivity index (χ3v) is 1.95. The second-order valence-electron chi connectivity index (χ2n) is 2.70. The monoisotopic (exact) mass is 243 g/mol. The molecule has 0 saturated carbocycles. The Kier molecular flexibility index (Phi) is 3.18. The van der Waals surface area contributed by atoms with E-state index in [-0.39, 0.29) is 6.67 Å². The lowest BCUT2D eigenvalue weighted by molar-refractivity contribution is -0.416. The number of nitrogens with zero attached hydrogens (tertiary/aromatic N) is 3. The Balaban J connectivity index is 2.87. The van der Waals surface area contributed by atoms with Crippen LogP contribution in [0, 0.1) is 10.1 Å². The maximum atomic E-state index is 12.0. The molecular formula is C6H5ClF3N3O2. The van der Waals surface area contributed by atoms with Crippen LogP contribution in [0.15, 0.2) is 15.8 Å². The van der Waals surface area contributed by atoms with E-state index in [4.69, 9.17) is 11.6 Å². The van der Waals surface area contributed by atoms with E-state index in [1.807, 2.05) is 0 Å². The van der Waals surface area contributed by atoms with Gasteiger partial charge in [0.05, 0.1) is 4.92 Å². The highest BCUT2D eigenvalue weighted by Gasteiger charge is 2.34. The lowest BCUT2D eigenvalue weighted by Gasteiger charge is -2.24. The zero-order valence-electron chi connectivity index (χ0n) is 7.16. The molecule has 0 saturated heterocycles. The van der Waals surface area contributed by atoms with Crippen LogP contribution in [0.25, 0.3) is 0 Å². The average Bonchev–Trinajstić information content (AvgIpc) is 2.05. The fourth-order valence-corrected chi connectivity index (χ4v) is 1.19. The first kappa shape index (κ1) is 11.8. The average molecular weight is 244 g/mol. The third-order valence-electron chi connectivity index (χ3n) is 1.52. The molecule has 0 aromatic rings. The molecule has 1 aliphatic heterocycles. The van der Waals surface area contributed by atoms with E-state index < -0.39 is 28.5 Å². The summed E-state index contributed by atoms with van der Waals surface area (Å²) in [5, 5.41) is 9.79. The van der Waals surface area contributed by atoms with Gasteiger partial charge in [-0.25, -0.2) is 0 Å². The van der Waals surface area contributed by atoms with Crippen molar-refractivity contribution in [3.63, 3.8) is 0 Å². The van der Waals surface area contributed by atoms with Gasteiger partial charge in [-0.2, -0.15) is 13.2 Å². The number of alkyl halides is 3. The van der Waals surface area contributed by atoms with Crippen molar-refractivity contribution in [3.8, 4) is 0 Å². The van der Waals surface area contributed by atoms with Gasteiger partial charge in [0, 0.05) is 0 Å². The minimum atomic E-state index is -4.48. The fraction of sp³-hybridized carbons (Fsp3) is 0.500. The van der Waals surface area contributed by atoms with Gasteiger partial charge in [0.25, 0.3) is 0 Å². The van der Waals surface area contributed by atoms with E-state index in [1.54, 1.807) is 0 Å². The van der Waals surface area contributed by atoms with Crippen molar-refractivity contribution in [2.45, 2.75) is 6.18 Å². The Hall–Kier alpha value is -1.31. The van der Waals surface area contributed by atoms with E-state index in [2.05, 4.69) is 4.99 Å². The van der Waals surface area contributed by atoms with Gasteiger partial charge in [-0.05, 0) is 0 Å². The zero-order chi connectivity index (χ0) is 11.6. The lowest BCUT2D eigenvalue weighted by atomic mass is 10.4. The van der Waals surface area contributed by atoms with Gasteiger partial charge in [0.2, 0.25) is 0 Å². The highest BCUT2D eigenvalue weighted by Crippen LogP contribution is 2.24. The topological polar surface area (TPSA) is 58.7 Å². The molecule has 0 bridgehead atoms. The van der Waals surface area contributed by atoms with E-state index in [1.165, 1.54) is 0 Å². The van der Waals surface area contributed by atoms with E-state index in [9.17, 15) is 23.3 Å². The minimum Gasteiger partial charge on any atom is -0.328 e. The Morgan fingerprint density at radius 1 is 1.67 bits per heavy atom. The molecule has 9 heteroatoms. The first-order chi connectivity index (χ1) is 6.81. The predicted molar refractivity (Wildman–Crippen MR) is 46.0 cm³/mol. The van der Waals surface area contributed by atoms with Crippen molar-refractivity contribution in [1.29, 1.82) is 0 Å². The molecule has 0 aromatic carbocycles. The van der Waals surface area contributed by atoms with Crippen molar-refractivity contribution in [1.82, 2.24) is 4.90 Å². The minimum absolute atomic E-state index is 0.338. The highest BCUT2D eigenvalue weighted by molar-refractivity contribution is 6.30. The van der Waals surface area contributed by atoms with E-state index in [0.717, 1.165) is 6.21 Å². The second-order valence-corrected chi connectivity index (χ2v) is 3.06. The standard InChI is InChI=1S/C6H5ClF3N3O2/c7-5-4(13(14)15)1-11-3-12(5)2-6(8,9)10/h1H,2-3H2. The quantitative estimate of drug-likeness (QED) is 0.420. The normalized spacial score (nSPS) is 17.2. The van der Waals surface area contributed by atoms with Crippen LogP contribution in [0.4, 0.5) is 13.2 Å². The molecule has 1 heterocycles. The van der Waals surface area contributed by atoms with Crippen LogP contribution in [0.5, 0.6) is 0 Å². The predicted octanol–water partition coefficient (Wildman–Crippen LogP) is 1.58. The molecule has 0 amide bonds. The maximum absolute atomic E-state index is 12.0. The summed E-state index contributed by atoms with van der Waals surface area (Å²) in [6, 6.07) is 0. The van der Waals surface area contributed by atoms with Crippen LogP contribution in [0.1, 0.15) is 0 Å². The molecular weight excluding hydrogens is 239 g/mol. The molecule has 0 fully saturated rings. The van der Waals surface area contributed by atoms with Crippen LogP contribution >= 0.6 is 11.6 Å². The summed E-state index contributed by atoms with van der Waals surface area (Å²) in [6.45, 7) is -1.70. The first-order valence-electron chi connectivity index (χ1n) is 3.67. The number of hydrogen-bond donors (Lipinski definition) is 0. The Morgan fingerprint density at radius 2 is 2.27 bits per heavy atom. The van der Waals surface area contributed by atoms with Crippen LogP contribution < -0.4 is 0 Å². The summed E-state index contributed by atoms with van der Waals surface area (Å²) in [5.74, 6) is 0. The molecule has 0 radical (unpaired) electrons. The van der Waals surface area contributed by atoms with Crippen molar-refractivity contribution in [2.24, 2.45) is 4.99 Å². The summed E-state index contributed by atoms with van der Waals surface area (Å²) in [4.78, 5) is 13.5. The molecule has 0 aliphatic carbocycles. The molecule has 5 nitrogen and oxygen atoms in total. The van der Waals surface area contributed by atoms with Crippen LogP contribution in [-0.2, 0) is 0 Å². The number of hydrogen-bond acceptors (Lipinski definition) is 4. The molecule has 0 unspecified atom stereocenters. The maximum Gasteiger partial charge on any atom is 0.406 e. The number of aliphatic imine (C=N–C) groups is 1. The smallest absolute Gasteiger partial charge is 0.328 e. The molecule has 0 atom stereocenters. The van der Waals surface area contributed by atoms with Crippen molar-refractivity contribution in [3.05, 3.63) is 21.0 Å². The molecule has 15 heavy (non-hydrogen) atoms. The molecule has 1 rings (SSSR count). The van der Waals surface area contributed by atoms with Gasteiger partial charge in [0.1, 0.15) is 19.4 Å². The van der Waals surface area contributed by atoms with E-state index >= 15 is 0 Å². The molecule has 1 aliphatic rings. The summed E-state index contributed by atoms with van der Waals surface area (Å²) < 4.78 is 36.0. The van der Waals surface area contributed by atoms with Gasteiger partial charge in [-0.3, -0.25) is 15.1 Å².